The van der Waals surface area contributed by atoms with Gasteiger partial charge in [0.15, 0.2) is 0 Å². The second-order valence-electron chi connectivity index (χ2n) is 23.8. The van der Waals surface area contributed by atoms with E-state index < -0.39 is 20.0 Å². The van der Waals surface area contributed by atoms with E-state index >= 15 is 0 Å². The number of rotatable bonds is 61. The summed E-state index contributed by atoms with van der Waals surface area (Å²) in [6.45, 7) is 4.80. The normalized spacial score (nSPS) is 14.0. The minimum absolute atomic E-state index is 0.0769. The smallest absolute Gasteiger partial charge is 0.391 e. The molecular formula is C67H130N2O6P+. The van der Waals surface area contributed by atoms with Gasteiger partial charge in [-0.3, -0.25) is 13.8 Å². The number of carbonyl (C=O) groups excluding carboxylic acids is 1. The van der Waals surface area contributed by atoms with Gasteiger partial charge in [-0.25, -0.2) is 4.57 Å². The van der Waals surface area contributed by atoms with Crippen LogP contribution in [0.4, 0.5) is 0 Å². The molecule has 3 N–H and O–H groups in total. The molecule has 8 nitrogen and oxygen atoms in total. The Morgan fingerprint density at radius 3 is 1.16 bits per heavy atom. The van der Waals surface area contributed by atoms with Gasteiger partial charge in [0.25, 0.3) is 0 Å². The van der Waals surface area contributed by atoms with Crippen molar-refractivity contribution in [3.8, 4) is 0 Å². The molecule has 0 aromatic rings. The van der Waals surface area contributed by atoms with Gasteiger partial charge in [0, 0.05) is 6.42 Å². The average Bonchev–Trinajstić information content (AvgIpc) is 3.38. The van der Waals surface area contributed by atoms with Gasteiger partial charge in [0.2, 0.25) is 5.91 Å². The molecule has 3 atom stereocenters. The van der Waals surface area contributed by atoms with Crippen molar-refractivity contribution in [1.29, 1.82) is 0 Å². The van der Waals surface area contributed by atoms with E-state index in [0.717, 1.165) is 64.2 Å². The van der Waals surface area contributed by atoms with E-state index in [1.54, 1.807) is 0 Å². The Balaban J connectivity index is 3.81. The summed E-state index contributed by atoms with van der Waals surface area (Å²) in [7, 11) is 1.63. The van der Waals surface area contributed by atoms with Crippen molar-refractivity contribution < 1.29 is 32.9 Å². The van der Waals surface area contributed by atoms with Crippen molar-refractivity contribution >= 4 is 13.7 Å². The van der Waals surface area contributed by atoms with Crippen LogP contribution < -0.4 is 5.32 Å². The number of carbonyl (C=O) groups is 1. The maximum atomic E-state index is 13.0. The number of phosphoric ester groups is 1. The number of unbranched alkanes of at least 4 members (excludes halogenated alkanes) is 40. The number of likely N-dealkylation sites (N-methyl/N-ethyl adjacent to an activating group) is 1. The Morgan fingerprint density at radius 2 is 0.789 bits per heavy atom. The number of amides is 1. The molecule has 0 aliphatic carbocycles. The zero-order valence-corrected chi connectivity index (χ0v) is 52.2. The van der Waals surface area contributed by atoms with Crippen LogP contribution in [0.2, 0.25) is 0 Å². The number of phosphoric acid groups is 1. The van der Waals surface area contributed by atoms with Crippen LogP contribution in [0, 0.1) is 0 Å². The lowest BCUT2D eigenvalue weighted by Gasteiger charge is -2.26. The summed E-state index contributed by atoms with van der Waals surface area (Å²) in [4.78, 5) is 23.3. The summed E-state index contributed by atoms with van der Waals surface area (Å²) in [6, 6.07) is -0.757. The van der Waals surface area contributed by atoms with Crippen molar-refractivity contribution in [2.75, 3.05) is 40.9 Å². The number of aliphatic hydroxyl groups is 1. The largest absolute Gasteiger partial charge is 0.472 e. The number of allylic oxidation sites excluding steroid dienone is 8. The van der Waals surface area contributed by atoms with E-state index in [4.69, 9.17) is 9.05 Å². The summed E-state index contributed by atoms with van der Waals surface area (Å²) in [5.41, 5.74) is 0. The molecule has 0 spiro atoms. The molecule has 76 heavy (non-hydrogen) atoms. The highest BCUT2D eigenvalue weighted by molar-refractivity contribution is 7.47. The quantitative estimate of drug-likeness (QED) is 0.0243. The van der Waals surface area contributed by atoms with Crippen LogP contribution in [0.1, 0.15) is 322 Å². The molecule has 0 aromatic carbocycles. The fraction of sp³-hybridized carbons (Fsp3) is 0.866. The zero-order valence-electron chi connectivity index (χ0n) is 51.3. The maximum absolute atomic E-state index is 13.0. The lowest BCUT2D eigenvalue weighted by Crippen LogP contribution is -2.46. The maximum Gasteiger partial charge on any atom is 0.472 e. The Labute approximate surface area is 473 Å². The van der Waals surface area contributed by atoms with Crippen LogP contribution in [0.3, 0.4) is 0 Å². The molecule has 3 unspecified atom stereocenters. The molecule has 9 heteroatoms. The van der Waals surface area contributed by atoms with Gasteiger partial charge in [0.1, 0.15) is 13.2 Å². The lowest BCUT2D eigenvalue weighted by atomic mass is 10.0. The Hall–Kier alpha value is -1.54. The molecule has 0 bridgehead atoms. The van der Waals surface area contributed by atoms with E-state index in [1.807, 2.05) is 21.1 Å². The average molecular weight is 1090 g/mol. The van der Waals surface area contributed by atoms with Crippen molar-refractivity contribution in [2.45, 2.75) is 334 Å². The number of aliphatic hydroxyl groups excluding tert-OH is 1. The molecule has 448 valence electrons. The van der Waals surface area contributed by atoms with E-state index in [0.29, 0.717) is 23.9 Å². The Kier molecular flexibility index (Phi) is 56.9. The summed E-state index contributed by atoms with van der Waals surface area (Å²) < 4.78 is 23.8. The first-order chi connectivity index (χ1) is 37.0. The third-order valence-electron chi connectivity index (χ3n) is 15.1. The topological polar surface area (TPSA) is 105 Å². The van der Waals surface area contributed by atoms with Crippen molar-refractivity contribution in [2.24, 2.45) is 0 Å². The highest BCUT2D eigenvalue weighted by Gasteiger charge is 2.28. The SMILES string of the molecule is CC/C=C\C/C=C\C/C=C\C/C=C\CCCCCCCCCCCCCCCCCCCCCCCCCCCCCCC(=O)NC(COP(=O)(O)OCC[N+](C)(C)C)C(O)CCCCCCCCCCCCCCC. The van der Waals surface area contributed by atoms with Gasteiger partial charge in [-0.15, -0.1) is 0 Å². The van der Waals surface area contributed by atoms with Gasteiger partial charge in [-0.05, 0) is 51.4 Å². The summed E-state index contributed by atoms with van der Waals surface area (Å²) in [5.74, 6) is -0.139. The Bertz CT molecular complexity index is 1380. The van der Waals surface area contributed by atoms with E-state index in [-0.39, 0.29) is 19.1 Å². The molecular weight excluding hydrogens is 960 g/mol. The number of nitrogens with one attached hydrogen (secondary N) is 1. The van der Waals surface area contributed by atoms with E-state index in [1.165, 1.54) is 231 Å². The van der Waals surface area contributed by atoms with Crippen molar-refractivity contribution in [3.63, 3.8) is 0 Å². The van der Waals surface area contributed by atoms with E-state index in [2.05, 4.69) is 67.8 Å². The fourth-order valence-electron chi connectivity index (χ4n) is 9.98. The van der Waals surface area contributed by atoms with Crippen molar-refractivity contribution in [1.82, 2.24) is 5.32 Å². The zero-order chi connectivity index (χ0) is 55.6. The minimum Gasteiger partial charge on any atom is -0.391 e. The fourth-order valence-corrected chi connectivity index (χ4v) is 10.7. The van der Waals surface area contributed by atoms with Gasteiger partial charge >= 0.3 is 7.82 Å². The van der Waals surface area contributed by atoms with Crippen LogP contribution >= 0.6 is 7.82 Å². The molecule has 0 heterocycles. The third-order valence-corrected chi connectivity index (χ3v) is 16.1. The molecule has 0 rings (SSSR count). The van der Waals surface area contributed by atoms with Crippen LogP contribution in [-0.4, -0.2) is 73.4 Å². The van der Waals surface area contributed by atoms with Crippen LogP contribution in [-0.2, 0) is 18.4 Å². The molecule has 0 fully saturated rings. The number of nitrogens with zero attached hydrogens (tertiary/aromatic N) is 1. The second-order valence-corrected chi connectivity index (χ2v) is 25.3. The highest BCUT2D eigenvalue weighted by Crippen LogP contribution is 2.43. The highest BCUT2D eigenvalue weighted by atomic mass is 31.2. The summed E-state index contributed by atoms with van der Waals surface area (Å²) in [6.07, 6.45) is 77.9. The molecule has 0 saturated carbocycles. The van der Waals surface area contributed by atoms with Crippen LogP contribution in [0.25, 0.3) is 0 Å². The van der Waals surface area contributed by atoms with Gasteiger partial charge < -0.3 is 19.8 Å². The van der Waals surface area contributed by atoms with Gasteiger partial charge in [-0.1, -0.05) is 313 Å². The monoisotopic (exact) mass is 1090 g/mol. The molecule has 0 radical (unpaired) electrons. The number of hydrogen-bond donors (Lipinski definition) is 3. The van der Waals surface area contributed by atoms with Crippen LogP contribution in [0.15, 0.2) is 48.6 Å². The number of hydrogen-bond acceptors (Lipinski definition) is 5. The molecule has 1 amide bonds. The Morgan fingerprint density at radius 1 is 0.461 bits per heavy atom. The van der Waals surface area contributed by atoms with Gasteiger partial charge in [-0.2, -0.15) is 0 Å². The lowest BCUT2D eigenvalue weighted by molar-refractivity contribution is -0.870. The molecule has 0 aromatic heterocycles. The summed E-state index contributed by atoms with van der Waals surface area (Å²) in [5, 5.41) is 14.1. The summed E-state index contributed by atoms with van der Waals surface area (Å²) >= 11 is 0. The molecule has 0 aliphatic heterocycles. The standard InChI is InChI=1S/C67H129N2O6P/c1-6-8-10-12-14-16-18-20-21-22-23-24-25-26-27-28-29-30-31-32-33-34-35-36-37-38-39-40-41-42-43-44-45-46-47-49-51-53-55-57-59-61-67(71)68-65(64-75-76(72,73)74-63-62-69(3,4)5)66(70)60-58-56-54-52-50-48-19-17-15-13-11-9-7-2/h8,10,14,16,20-21,23-24,65-66,70H,6-7,9,11-13,15,17-19,22,25-64H2,1-5H3,(H-,68,71,72,73)/p+1/b10-8-,16-14-,21-20-,24-23-. The first-order valence-corrected chi connectivity index (χ1v) is 34.5. The van der Waals surface area contributed by atoms with Crippen LogP contribution in [0.5, 0.6) is 0 Å². The third kappa shape index (κ3) is 60.1. The molecule has 0 aliphatic rings. The van der Waals surface area contributed by atoms with E-state index in [9.17, 15) is 19.4 Å². The first kappa shape index (κ1) is 74.5. The van der Waals surface area contributed by atoms with Gasteiger partial charge in [0.05, 0.1) is 39.9 Å². The first-order valence-electron chi connectivity index (χ1n) is 33.0. The van der Waals surface area contributed by atoms with Crippen molar-refractivity contribution in [3.05, 3.63) is 48.6 Å². The predicted octanol–water partition coefficient (Wildman–Crippen LogP) is 20.7. The second kappa shape index (κ2) is 58.1. The predicted molar refractivity (Wildman–Crippen MR) is 332 cm³/mol. The minimum atomic E-state index is -4.32. The number of quaternary nitrogens is 1. The molecule has 0 saturated heterocycles.